The number of nitrogens with two attached hydrogens (primary N) is 1. The summed E-state index contributed by atoms with van der Waals surface area (Å²) < 4.78 is 5.24. The standard InChI is InChI=1S/C12H23NO/c1-10(14-2)9-12(13)11-7-5-3-4-6-8-11/h7,10,12H,3-6,8-9,13H2,1-2H3. The Kier molecular flexibility index (Phi) is 5.20. The zero-order valence-corrected chi connectivity index (χ0v) is 9.46. The topological polar surface area (TPSA) is 35.2 Å². The molecule has 0 radical (unpaired) electrons. The van der Waals surface area contributed by atoms with E-state index in [2.05, 4.69) is 13.0 Å². The van der Waals surface area contributed by atoms with Gasteiger partial charge in [0.05, 0.1) is 6.10 Å². The van der Waals surface area contributed by atoms with E-state index in [1.54, 1.807) is 7.11 Å². The van der Waals surface area contributed by atoms with Crippen LogP contribution in [0, 0.1) is 0 Å². The van der Waals surface area contributed by atoms with Crippen LogP contribution in [-0.4, -0.2) is 19.3 Å². The van der Waals surface area contributed by atoms with E-state index in [0.717, 1.165) is 6.42 Å². The molecule has 0 amide bonds. The van der Waals surface area contributed by atoms with Crippen LogP contribution in [0.1, 0.15) is 45.4 Å². The largest absolute Gasteiger partial charge is 0.382 e. The highest BCUT2D eigenvalue weighted by Crippen LogP contribution is 2.21. The molecule has 0 heterocycles. The molecule has 2 unspecified atom stereocenters. The van der Waals surface area contributed by atoms with Crippen LogP contribution in [-0.2, 0) is 4.74 Å². The van der Waals surface area contributed by atoms with Crippen molar-refractivity contribution in [2.24, 2.45) is 5.73 Å². The Labute approximate surface area is 87.5 Å². The molecule has 0 aromatic heterocycles. The Morgan fingerprint density at radius 1 is 1.43 bits per heavy atom. The summed E-state index contributed by atoms with van der Waals surface area (Å²) in [5, 5.41) is 0. The molecule has 0 aliphatic heterocycles. The lowest BCUT2D eigenvalue weighted by molar-refractivity contribution is 0.107. The lowest BCUT2D eigenvalue weighted by Gasteiger charge is -2.18. The van der Waals surface area contributed by atoms with Gasteiger partial charge in [-0.15, -0.1) is 0 Å². The van der Waals surface area contributed by atoms with Crippen LogP contribution in [0.3, 0.4) is 0 Å². The summed E-state index contributed by atoms with van der Waals surface area (Å²) in [5.74, 6) is 0. The molecule has 1 aliphatic rings. The number of hydrogen-bond acceptors (Lipinski definition) is 2. The van der Waals surface area contributed by atoms with Crippen molar-refractivity contribution in [2.75, 3.05) is 7.11 Å². The third-order valence-electron chi connectivity index (χ3n) is 3.04. The van der Waals surface area contributed by atoms with E-state index in [0.29, 0.717) is 0 Å². The molecule has 2 N–H and O–H groups in total. The van der Waals surface area contributed by atoms with Crippen LogP contribution in [0.4, 0.5) is 0 Å². The molecule has 0 fully saturated rings. The molecule has 0 saturated carbocycles. The van der Waals surface area contributed by atoms with Gasteiger partial charge in [0.15, 0.2) is 0 Å². The van der Waals surface area contributed by atoms with E-state index in [1.807, 2.05) is 0 Å². The zero-order valence-electron chi connectivity index (χ0n) is 9.46. The van der Waals surface area contributed by atoms with Gasteiger partial charge in [0.25, 0.3) is 0 Å². The summed E-state index contributed by atoms with van der Waals surface area (Å²) in [7, 11) is 1.75. The lowest BCUT2D eigenvalue weighted by atomic mass is 9.98. The van der Waals surface area contributed by atoms with Gasteiger partial charge in [-0.3, -0.25) is 0 Å². The molecule has 1 rings (SSSR count). The van der Waals surface area contributed by atoms with Crippen molar-refractivity contribution in [3.05, 3.63) is 11.6 Å². The van der Waals surface area contributed by atoms with Crippen molar-refractivity contribution in [1.82, 2.24) is 0 Å². The van der Waals surface area contributed by atoms with Gasteiger partial charge in [0.2, 0.25) is 0 Å². The first kappa shape index (κ1) is 11.7. The number of hydrogen-bond donors (Lipinski definition) is 1. The normalized spacial score (nSPS) is 22.4. The second-order valence-electron chi connectivity index (χ2n) is 4.27. The maximum atomic E-state index is 6.15. The molecule has 0 aromatic rings. The molecular weight excluding hydrogens is 174 g/mol. The molecule has 14 heavy (non-hydrogen) atoms. The van der Waals surface area contributed by atoms with E-state index < -0.39 is 0 Å². The second-order valence-corrected chi connectivity index (χ2v) is 4.27. The van der Waals surface area contributed by atoms with E-state index in [1.165, 1.54) is 37.7 Å². The third-order valence-corrected chi connectivity index (χ3v) is 3.04. The second kappa shape index (κ2) is 6.20. The van der Waals surface area contributed by atoms with Crippen LogP contribution in [0.5, 0.6) is 0 Å². The Morgan fingerprint density at radius 2 is 2.21 bits per heavy atom. The zero-order chi connectivity index (χ0) is 10.4. The Bertz CT molecular complexity index is 189. The van der Waals surface area contributed by atoms with Gasteiger partial charge in [-0.05, 0) is 39.0 Å². The summed E-state index contributed by atoms with van der Waals surface area (Å²) in [6.07, 6.45) is 9.96. The predicted molar refractivity (Wildman–Crippen MR) is 60.2 cm³/mol. The third kappa shape index (κ3) is 3.81. The van der Waals surface area contributed by atoms with E-state index >= 15 is 0 Å². The van der Waals surface area contributed by atoms with Crippen molar-refractivity contribution in [1.29, 1.82) is 0 Å². The highest BCUT2D eigenvalue weighted by Gasteiger charge is 2.14. The molecule has 2 heteroatoms. The predicted octanol–water partition coefficient (Wildman–Crippen LogP) is 2.63. The Hall–Kier alpha value is -0.340. The van der Waals surface area contributed by atoms with E-state index in [4.69, 9.17) is 10.5 Å². The van der Waals surface area contributed by atoms with Gasteiger partial charge in [-0.2, -0.15) is 0 Å². The average Bonchev–Trinajstić information content (AvgIpc) is 2.45. The maximum Gasteiger partial charge on any atom is 0.0561 e. The van der Waals surface area contributed by atoms with Crippen molar-refractivity contribution >= 4 is 0 Å². The number of methoxy groups -OCH3 is 1. The van der Waals surface area contributed by atoms with Crippen LogP contribution in [0.15, 0.2) is 11.6 Å². The van der Waals surface area contributed by atoms with Crippen LogP contribution in [0.2, 0.25) is 0 Å². The molecule has 1 aliphatic carbocycles. The van der Waals surface area contributed by atoms with E-state index in [-0.39, 0.29) is 12.1 Å². The van der Waals surface area contributed by atoms with Crippen molar-refractivity contribution in [2.45, 2.75) is 57.6 Å². The monoisotopic (exact) mass is 197 g/mol. The molecule has 2 nitrogen and oxygen atoms in total. The highest BCUT2D eigenvalue weighted by atomic mass is 16.5. The minimum Gasteiger partial charge on any atom is -0.382 e. The van der Waals surface area contributed by atoms with Crippen LogP contribution in [0.25, 0.3) is 0 Å². The molecule has 0 aromatic carbocycles. The summed E-state index contributed by atoms with van der Waals surface area (Å²) in [5.41, 5.74) is 7.60. The lowest BCUT2D eigenvalue weighted by Crippen LogP contribution is -2.27. The van der Waals surface area contributed by atoms with Crippen LogP contribution >= 0.6 is 0 Å². The number of allylic oxidation sites excluding steroid dienone is 1. The number of ether oxygens (including phenoxy) is 1. The van der Waals surface area contributed by atoms with Crippen LogP contribution < -0.4 is 5.73 Å². The van der Waals surface area contributed by atoms with Crippen molar-refractivity contribution in [3.8, 4) is 0 Å². The Balaban J connectivity index is 2.41. The van der Waals surface area contributed by atoms with Crippen molar-refractivity contribution in [3.63, 3.8) is 0 Å². The van der Waals surface area contributed by atoms with Gasteiger partial charge < -0.3 is 10.5 Å². The molecular formula is C12H23NO. The van der Waals surface area contributed by atoms with E-state index in [9.17, 15) is 0 Å². The van der Waals surface area contributed by atoms with Gasteiger partial charge in [-0.25, -0.2) is 0 Å². The molecule has 0 bridgehead atoms. The van der Waals surface area contributed by atoms with Gasteiger partial charge in [0.1, 0.15) is 0 Å². The van der Waals surface area contributed by atoms with Gasteiger partial charge in [0, 0.05) is 13.2 Å². The fourth-order valence-corrected chi connectivity index (χ4v) is 1.98. The summed E-state index contributed by atoms with van der Waals surface area (Å²) >= 11 is 0. The average molecular weight is 197 g/mol. The Morgan fingerprint density at radius 3 is 2.93 bits per heavy atom. The van der Waals surface area contributed by atoms with Gasteiger partial charge in [-0.1, -0.05) is 18.1 Å². The quantitative estimate of drug-likeness (QED) is 0.703. The first-order valence-corrected chi connectivity index (χ1v) is 5.71. The molecule has 0 saturated heterocycles. The maximum absolute atomic E-state index is 6.15. The van der Waals surface area contributed by atoms with Crippen molar-refractivity contribution < 1.29 is 4.74 Å². The fraction of sp³-hybridized carbons (Fsp3) is 0.833. The highest BCUT2D eigenvalue weighted by molar-refractivity contribution is 5.11. The summed E-state index contributed by atoms with van der Waals surface area (Å²) in [4.78, 5) is 0. The fourth-order valence-electron chi connectivity index (χ4n) is 1.98. The molecule has 2 atom stereocenters. The summed E-state index contributed by atoms with van der Waals surface area (Å²) in [6, 6.07) is 0.211. The first-order valence-electron chi connectivity index (χ1n) is 5.71. The summed E-state index contributed by atoms with van der Waals surface area (Å²) in [6.45, 7) is 2.08. The molecule has 0 spiro atoms. The van der Waals surface area contributed by atoms with Gasteiger partial charge >= 0.3 is 0 Å². The minimum atomic E-state index is 0.211. The minimum absolute atomic E-state index is 0.211. The number of rotatable bonds is 4. The smallest absolute Gasteiger partial charge is 0.0561 e. The first-order chi connectivity index (χ1) is 6.74. The molecule has 82 valence electrons. The SMILES string of the molecule is COC(C)CC(N)C1=CCCCCC1.